The number of amides is 1. The van der Waals surface area contributed by atoms with Gasteiger partial charge in [0.05, 0.1) is 15.6 Å². The Kier molecular flexibility index (Phi) is 8.48. The van der Waals surface area contributed by atoms with Gasteiger partial charge in [-0.25, -0.2) is 4.79 Å². The molecule has 0 spiro atoms. The van der Waals surface area contributed by atoms with E-state index in [0.29, 0.717) is 22.8 Å². The molecular formula is C25H30N2O3S3. The standard InChI is InChI=1S/C25H30N2O3S3/c1-6-15(2)16(3)17(4)26-19-11-7-8-12-20(19)32-22(26)14-10-9-13-21-23(28)27(25(31)33-21)18(5)24(29)30/h7-18H,6H2,1-5H3,(H,29,30)/b10-9+,21-13-,22-14+. The topological polar surface area (TPSA) is 60.9 Å². The Labute approximate surface area is 210 Å². The minimum absolute atomic E-state index is 0.272. The number of rotatable bonds is 8. The molecule has 1 fully saturated rings. The van der Waals surface area contributed by atoms with Crippen molar-refractivity contribution in [1.29, 1.82) is 0 Å². The highest BCUT2D eigenvalue weighted by Crippen LogP contribution is 2.48. The van der Waals surface area contributed by atoms with Crippen LogP contribution in [0.25, 0.3) is 0 Å². The molecule has 0 radical (unpaired) electrons. The lowest BCUT2D eigenvalue weighted by atomic mass is 9.87. The molecule has 1 aromatic carbocycles. The van der Waals surface area contributed by atoms with E-state index in [-0.39, 0.29) is 10.2 Å². The van der Waals surface area contributed by atoms with E-state index in [0.717, 1.165) is 28.1 Å². The van der Waals surface area contributed by atoms with E-state index in [4.69, 9.17) is 12.2 Å². The van der Waals surface area contributed by atoms with Crippen LogP contribution in [0, 0.1) is 11.8 Å². The predicted molar refractivity (Wildman–Crippen MR) is 142 cm³/mol. The van der Waals surface area contributed by atoms with Gasteiger partial charge in [0.15, 0.2) is 0 Å². The highest BCUT2D eigenvalue weighted by Gasteiger charge is 2.38. The maximum atomic E-state index is 12.6. The van der Waals surface area contributed by atoms with Gasteiger partial charge in [0.25, 0.3) is 5.91 Å². The fourth-order valence-corrected chi connectivity index (χ4v) is 6.38. The molecule has 1 N–H and O–H groups in total. The minimum atomic E-state index is -1.08. The van der Waals surface area contributed by atoms with Crippen LogP contribution in [0.1, 0.15) is 41.0 Å². The highest BCUT2D eigenvalue weighted by atomic mass is 32.2. The highest BCUT2D eigenvalue weighted by molar-refractivity contribution is 8.26. The zero-order valence-corrected chi connectivity index (χ0v) is 22.0. The van der Waals surface area contributed by atoms with Crippen molar-refractivity contribution in [3.63, 3.8) is 0 Å². The largest absolute Gasteiger partial charge is 0.480 e. The summed E-state index contributed by atoms with van der Waals surface area (Å²) in [7, 11) is 0. The Bertz CT molecular complexity index is 1030. The van der Waals surface area contributed by atoms with Crippen LogP contribution in [0.2, 0.25) is 0 Å². The smallest absolute Gasteiger partial charge is 0.326 e. The van der Waals surface area contributed by atoms with Crippen molar-refractivity contribution in [1.82, 2.24) is 4.90 Å². The molecule has 1 amide bonds. The van der Waals surface area contributed by atoms with Crippen LogP contribution in [-0.2, 0) is 9.59 Å². The van der Waals surface area contributed by atoms with E-state index in [1.807, 2.05) is 12.2 Å². The quantitative estimate of drug-likeness (QED) is 0.331. The van der Waals surface area contributed by atoms with Crippen LogP contribution in [0.5, 0.6) is 0 Å². The molecule has 8 heteroatoms. The molecule has 2 aliphatic rings. The van der Waals surface area contributed by atoms with Crippen molar-refractivity contribution in [2.45, 2.75) is 58.0 Å². The number of hydrogen-bond acceptors (Lipinski definition) is 6. The van der Waals surface area contributed by atoms with E-state index in [1.54, 1.807) is 17.8 Å². The van der Waals surface area contributed by atoms with Gasteiger partial charge in [-0.15, -0.1) is 0 Å². The summed E-state index contributed by atoms with van der Waals surface area (Å²) in [4.78, 5) is 29.1. The van der Waals surface area contributed by atoms with Crippen LogP contribution >= 0.6 is 35.7 Å². The van der Waals surface area contributed by atoms with Gasteiger partial charge in [-0.2, -0.15) is 0 Å². The lowest BCUT2D eigenvalue weighted by Crippen LogP contribution is -2.41. The summed E-state index contributed by atoms with van der Waals surface area (Å²) in [5.41, 5.74) is 1.23. The molecule has 3 rings (SSSR count). The predicted octanol–water partition coefficient (Wildman–Crippen LogP) is 6.28. The van der Waals surface area contributed by atoms with Crippen LogP contribution < -0.4 is 4.90 Å². The number of carboxylic acid groups (broad SMARTS) is 1. The molecule has 33 heavy (non-hydrogen) atoms. The number of anilines is 1. The van der Waals surface area contributed by atoms with Crippen LogP contribution in [-0.4, -0.2) is 38.3 Å². The third-order valence-electron chi connectivity index (χ3n) is 6.45. The number of carboxylic acids is 1. The van der Waals surface area contributed by atoms with Crippen molar-refractivity contribution in [2.24, 2.45) is 11.8 Å². The number of allylic oxidation sites excluding steroid dienone is 4. The third-order valence-corrected chi connectivity index (χ3v) is 8.91. The number of nitrogens with zero attached hydrogens (tertiary/aromatic N) is 2. The lowest BCUT2D eigenvalue weighted by molar-refractivity contribution is -0.144. The molecule has 0 aliphatic carbocycles. The summed E-state index contributed by atoms with van der Waals surface area (Å²) in [6.45, 7) is 10.6. The normalized spacial score (nSPS) is 22.3. The van der Waals surface area contributed by atoms with Crippen molar-refractivity contribution >= 4 is 57.6 Å². The molecule has 1 saturated heterocycles. The summed E-state index contributed by atoms with van der Waals surface area (Å²) < 4.78 is 0.272. The van der Waals surface area contributed by atoms with Crippen LogP contribution in [0.15, 0.2) is 63.4 Å². The second-order valence-corrected chi connectivity index (χ2v) is 11.1. The molecule has 1 aromatic rings. The Morgan fingerprint density at radius 3 is 2.42 bits per heavy atom. The molecule has 5 nitrogen and oxygen atoms in total. The van der Waals surface area contributed by atoms with Gasteiger partial charge in [-0.3, -0.25) is 9.69 Å². The lowest BCUT2D eigenvalue weighted by Gasteiger charge is -2.35. The van der Waals surface area contributed by atoms with E-state index >= 15 is 0 Å². The zero-order valence-electron chi connectivity index (χ0n) is 19.5. The summed E-state index contributed by atoms with van der Waals surface area (Å²) in [5, 5.41) is 10.4. The first kappa shape index (κ1) is 25.6. The number of carbonyl (C=O) groups is 2. The monoisotopic (exact) mass is 502 g/mol. The fraction of sp³-hybridized carbons (Fsp3) is 0.400. The van der Waals surface area contributed by atoms with E-state index in [9.17, 15) is 14.7 Å². The Morgan fingerprint density at radius 2 is 1.76 bits per heavy atom. The first-order chi connectivity index (χ1) is 15.7. The number of thioether (sulfide) groups is 2. The molecule has 4 unspecified atom stereocenters. The van der Waals surface area contributed by atoms with Crippen molar-refractivity contribution in [3.8, 4) is 0 Å². The van der Waals surface area contributed by atoms with E-state index < -0.39 is 12.0 Å². The molecule has 0 bridgehead atoms. The Hall–Kier alpha value is -2.03. The van der Waals surface area contributed by atoms with Crippen molar-refractivity contribution in [3.05, 3.63) is 58.5 Å². The molecule has 176 valence electrons. The number of thiocarbonyl (C=S) groups is 1. The van der Waals surface area contributed by atoms with Gasteiger partial charge in [0.2, 0.25) is 0 Å². The van der Waals surface area contributed by atoms with Gasteiger partial charge >= 0.3 is 5.97 Å². The van der Waals surface area contributed by atoms with E-state index in [2.05, 4.69) is 62.9 Å². The first-order valence-electron chi connectivity index (χ1n) is 11.1. The number of hydrogen-bond donors (Lipinski definition) is 1. The SMILES string of the molecule is CCC(C)C(C)C(C)N1\C(=C/C=C/C=C2\SC(=S)N(C(C)C(=O)O)C2=O)Sc2ccccc21. The van der Waals surface area contributed by atoms with E-state index in [1.165, 1.54) is 17.5 Å². The average molecular weight is 503 g/mol. The number of fused-ring (bicyclic) bond motifs is 1. The Balaban J connectivity index is 1.81. The van der Waals surface area contributed by atoms with Gasteiger partial charge in [0, 0.05) is 10.9 Å². The van der Waals surface area contributed by atoms with Crippen molar-refractivity contribution in [2.75, 3.05) is 4.90 Å². The molecule has 0 aromatic heterocycles. The van der Waals surface area contributed by atoms with Gasteiger partial charge < -0.3 is 10.0 Å². The number of benzene rings is 1. The number of para-hydroxylation sites is 1. The maximum Gasteiger partial charge on any atom is 0.326 e. The molecule has 0 saturated carbocycles. The maximum absolute atomic E-state index is 12.6. The van der Waals surface area contributed by atoms with Crippen molar-refractivity contribution < 1.29 is 14.7 Å². The fourth-order valence-electron chi connectivity index (χ4n) is 3.86. The average Bonchev–Trinajstić information content (AvgIpc) is 3.30. The van der Waals surface area contributed by atoms with Crippen LogP contribution in [0.3, 0.4) is 0 Å². The summed E-state index contributed by atoms with van der Waals surface area (Å²) in [6.07, 6.45) is 8.66. The number of aliphatic carboxylic acids is 1. The molecule has 4 atom stereocenters. The van der Waals surface area contributed by atoms with Gasteiger partial charge in [-0.05, 0) is 50.0 Å². The summed E-state index contributed by atoms with van der Waals surface area (Å²) >= 11 is 8.10. The van der Waals surface area contributed by atoms with Gasteiger partial charge in [-0.1, -0.05) is 87.2 Å². The Morgan fingerprint density at radius 1 is 1.09 bits per heavy atom. The minimum Gasteiger partial charge on any atom is -0.480 e. The first-order valence-corrected chi connectivity index (χ1v) is 13.1. The molecule has 2 heterocycles. The second-order valence-electron chi connectivity index (χ2n) is 8.40. The second kappa shape index (κ2) is 10.9. The van der Waals surface area contributed by atoms with Gasteiger partial charge in [0.1, 0.15) is 10.4 Å². The summed E-state index contributed by atoms with van der Waals surface area (Å²) in [5.74, 6) is -0.305. The zero-order chi connectivity index (χ0) is 24.3. The summed E-state index contributed by atoms with van der Waals surface area (Å²) in [6, 6.07) is 7.81. The van der Waals surface area contributed by atoms with Crippen LogP contribution in [0.4, 0.5) is 5.69 Å². The molecular weight excluding hydrogens is 472 g/mol. The molecule has 2 aliphatic heterocycles. The third kappa shape index (κ3) is 5.39. The number of carbonyl (C=O) groups excluding carboxylic acids is 1.